The molecule has 0 radical (unpaired) electrons. The first kappa shape index (κ1) is 9.21. The summed E-state index contributed by atoms with van der Waals surface area (Å²) in [5.41, 5.74) is 0.398. The van der Waals surface area contributed by atoms with E-state index in [9.17, 15) is 0 Å². The highest BCUT2D eigenvalue weighted by Gasteiger charge is 2.07. The highest BCUT2D eigenvalue weighted by atomic mass is 16.4. The molecule has 3 nitrogen and oxygen atoms in total. The van der Waals surface area contributed by atoms with Gasteiger partial charge in [0, 0.05) is 5.57 Å². The van der Waals surface area contributed by atoms with Gasteiger partial charge in [-0.05, 0) is 11.9 Å². The van der Waals surface area contributed by atoms with Gasteiger partial charge in [0.15, 0.2) is 0 Å². The maximum absolute atomic E-state index is 8.43. The van der Waals surface area contributed by atoms with E-state index in [2.05, 4.69) is 0 Å². The third-order valence-electron chi connectivity index (χ3n) is 1.08. The zero-order chi connectivity index (χ0) is 8.15. The predicted octanol–water partition coefficient (Wildman–Crippen LogP) is 0.104. The molecular formula is C6H10BNO2. The van der Waals surface area contributed by atoms with Gasteiger partial charge < -0.3 is 10.0 Å². The van der Waals surface area contributed by atoms with Crippen LogP contribution in [-0.2, 0) is 0 Å². The van der Waals surface area contributed by atoms with Gasteiger partial charge in [0.05, 0.1) is 6.07 Å². The molecule has 0 saturated carbocycles. The Bertz CT molecular complexity index is 169. The van der Waals surface area contributed by atoms with Gasteiger partial charge in [-0.1, -0.05) is 13.8 Å². The van der Waals surface area contributed by atoms with Gasteiger partial charge in [-0.25, -0.2) is 0 Å². The third kappa shape index (κ3) is 3.28. The molecule has 0 saturated heterocycles. The fraction of sp³-hybridized carbons (Fsp3) is 0.500. The predicted molar refractivity (Wildman–Crippen MR) is 38.7 cm³/mol. The van der Waals surface area contributed by atoms with E-state index in [1.54, 1.807) is 0 Å². The molecule has 0 heterocycles. The zero-order valence-electron chi connectivity index (χ0n) is 6.07. The highest BCUT2D eigenvalue weighted by Crippen LogP contribution is 2.06. The molecule has 0 spiro atoms. The molecule has 2 N–H and O–H groups in total. The van der Waals surface area contributed by atoms with Gasteiger partial charge >= 0.3 is 7.12 Å². The minimum Gasteiger partial charge on any atom is -0.424 e. The topological polar surface area (TPSA) is 64.2 Å². The molecule has 0 amide bonds. The van der Waals surface area contributed by atoms with E-state index in [1.807, 2.05) is 19.9 Å². The fourth-order valence-electron chi connectivity index (χ4n) is 0.519. The largest absolute Gasteiger partial charge is 0.481 e. The molecule has 0 aromatic carbocycles. The molecule has 0 aromatic heterocycles. The SMILES string of the molecule is CC(C)/C(C#N)=C/B(O)O. The van der Waals surface area contributed by atoms with Gasteiger partial charge in [-0.3, -0.25) is 0 Å². The van der Waals surface area contributed by atoms with Gasteiger partial charge in [-0.15, -0.1) is 0 Å². The van der Waals surface area contributed by atoms with E-state index in [1.165, 1.54) is 0 Å². The number of nitriles is 1. The van der Waals surface area contributed by atoms with Crippen molar-refractivity contribution in [1.29, 1.82) is 5.26 Å². The van der Waals surface area contributed by atoms with Gasteiger partial charge in [0.2, 0.25) is 0 Å². The van der Waals surface area contributed by atoms with Gasteiger partial charge in [0.1, 0.15) is 0 Å². The first-order chi connectivity index (χ1) is 4.57. The van der Waals surface area contributed by atoms with Crippen LogP contribution in [-0.4, -0.2) is 17.2 Å². The molecule has 0 rings (SSSR count). The molecule has 0 fully saturated rings. The maximum atomic E-state index is 8.43. The molecule has 0 bridgehead atoms. The van der Waals surface area contributed by atoms with Crippen LogP contribution in [0.4, 0.5) is 0 Å². The Hall–Kier alpha value is -0.785. The van der Waals surface area contributed by atoms with Crippen molar-refractivity contribution in [2.24, 2.45) is 5.92 Å². The quantitative estimate of drug-likeness (QED) is 0.421. The molecular weight excluding hydrogens is 129 g/mol. The molecule has 0 unspecified atom stereocenters. The first-order valence-electron chi connectivity index (χ1n) is 3.06. The van der Waals surface area contributed by atoms with E-state index < -0.39 is 7.12 Å². The smallest absolute Gasteiger partial charge is 0.424 e. The number of allylic oxidation sites excluding steroid dienone is 1. The molecule has 0 aliphatic rings. The average Bonchev–Trinajstić information content (AvgIpc) is 1.81. The van der Waals surface area contributed by atoms with Crippen molar-refractivity contribution in [3.8, 4) is 6.07 Å². The fourth-order valence-corrected chi connectivity index (χ4v) is 0.519. The lowest BCUT2D eigenvalue weighted by molar-refractivity contribution is 0.423. The Morgan fingerprint density at radius 2 is 2.10 bits per heavy atom. The number of nitrogens with zero attached hydrogens (tertiary/aromatic N) is 1. The lowest BCUT2D eigenvalue weighted by Gasteiger charge is -1.99. The summed E-state index contributed by atoms with van der Waals surface area (Å²) in [4.78, 5) is 0. The van der Waals surface area contributed by atoms with Crippen LogP contribution in [0.25, 0.3) is 0 Å². The Morgan fingerprint density at radius 1 is 1.60 bits per heavy atom. The summed E-state index contributed by atoms with van der Waals surface area (Å²) in [7, 11) is -1.52. The lowest BCUT2D eigenvalue weighted by Crippen LogP contribution is -2.09. The van der Waals surface area contributed by atoms with Crippen molar-refractivity contribution in [2.45, 2.75) is 13.8 Å². The molecule has 0 aromatic rings. The van der Waals surface area contributed by atoms with Crippen molar-refractivity contribution >= 4 is 7.12 Å². The number of hydrogen-bond acceptors (Lipinski definition) is 3. The van der Waals surface area contributed by atoms with Crippen molar-refractivity contribution in [2.75, 3.05) is 0 Å². The van der Waals surface area contributed by atoms with Crippen LogP contribution >= 0.6 is 0 Å². The van der Waals surface area contributed by atoms with Crippen LogP contribution in [0.1, 0.15) is 13.8 Å². The number of hydrogen-bond donors (Lipinski definition) is 2. The summed E-state index contributed by atoms with van der Waals surface area (Å²) >= 11 is 0. The van der Waals surface area contributed by atoms with Crippen molar-refractivity contribution in [3.05, 3.63) is 11.5 Å². The van der Waals surface area contributed by atoms with Crippen LogP contribution in [0.5, 0.6) is 0 Å². The van der Waals surface area contributed by atoms with E-state index in [-0.39, 0.29) is 5.92 Å². The summed E-state index contributed by atoms with van der Waals surface area (Å²) in [5, 5.41) is 25.3. The highest BCUT2D eigenvalue weighted by molar-refractivity contribution is 6.47. The first-order valence-corrected chi connectivity index (χ1v) is 3.06. The minimum atomic E-state index is -1.52. The summed E-state index contributed by atoms with van der Waals surface area (Å²) in [6.07, 6.45) is 0. The van der Waals surface area contributed by atoms with Crippen molar-refractivity contribution in [3.63, 3.8) is 0 Å². The van der Waals surface area contributed by atoms with Crippen LogP contribution < -0.4 is 0 Å². The van der Waals surface area contributed by atoms with E-state index in [4.69, 9.17) is 15.3 Å². The van der Waals surface area contributed by atoms with Crippen LogP contribution in [0.2, 0.25) is 0 Å². The Labute approximate surface area is 60.7 Å². The second-order valence-electron chi connectivity index (χ2n) is 2.30. The second kappa shape index (κ2) is 4.10. The summed E-state index contributed by atoms with van der Waals surface area (Å²) < 4.78 is 0. The van der Waals surface area contributed by atoms with Crippen molar-refractivity contribution in [1.82, 2.24) is 0 Å². The van der Waals surface area contributed by atoms with E-state index in [0.717, 1.165) is 5.98 Å². The molecule has 0 atom stereocenters. The molecule has 0 aliphatic heterocycles. The zero-order valence-corrected chi connectivity index (χ0v) is 6.07. The lowest BCUT2D eigenvalue weighted by atomic mass is 9.85. The Balaban J connectivity index is 4.23. The monoisotopic (exact) mass is 139 g/mol. The molecule has 54 valence electrons. The van der Waals surface area contributed by atoms with E-state index in [0.29, 0.717) is 5.57 Å². The minimum absolute atomic E-state index is 0.0480. The third-order valence-corrected chi connectivity index (χ3v) is 1.08. The summed E-state index contributed by atoms with van der Waals surface area (Å²) in [5.74, 6) is 1.18. The Morgan fingerprint density at radius 3 is 2.20 bits per heavy atom. The summed E-state index contributed by atoms with van der Waals surface area (Å²) in [6.45, 7) is 3.63. The van der Waals surface area contributed by atoms with Crippen LogP contribution in [0.15, 0.2) is 11.5 Å². The van der Waals surface area contributed by atoms with Crippen molar-refractivity contribution < 1.29 is 10.0 Å². The second-order valence-corrected chi connectivity index (χ2v) is 2.30. The summed E-state index contributed by atoms with van der Waals surface area (Å²) in [6, 6.07) is 1.87. The Kier molecular flexibility index (Phi) is 3.78. The molecule has 10 heavy (non-hydrogen) atoms. The standard InChI is InChI=1S/C6H10BNO2/c1-5(2)6(4-8)3-7(9)10/h3,5,9-10H,1-2H3/b6-3+. The number of rotatable bonds is 2. The van der Waals surface area contributed by atoms with Gasteiger partial charge in [0.25, 0.3) is 0 Å². The van der Waals surface area contributed by atoms with E-state index >= 15 is 0 Å². The average molecular weight is 139 g/mol. The molecule has 4 heteroatoms. The van der Waals surface area contributed by atoms with Crippen LogP contribution in [0.3, 0.4) is 0 Å². The normalized spacial score (nSPS) is 11.4. The molecule has 0 aliphatic carbocycles. The van der Waals surface area contributed by atoms with Gasteiger partial charge in [-0.2, -0.15) is 5.26 Å². The maximum Gasteiger partial charge on any atom is 0.481 e. The van der Waals surface area contributed by atoms with Crippen LogP contribution in [0, 0.1) is 17.2 Å².